The third-order valence-corrected chi connectivity index (χ3v) is 5.01. The molecule has 0 bridgehead atoms. The number of nitrogens with zero attached hydrogens (tertiary/aromatic N) is 4. The van der Waals surface area contributed by atoms with Crippen molar-refractivity contribution in [2.24, 2.45) is 0 Å². The first-order valence-electron chi connectivity index (χ1n) is 10.3. The molecule has 35 heavy (non-hydrogen) atoms. The first-order chi connectivity index (χ1) is 17.2. The van der Waals surface area contributed by atoms with Crippen LogP contribution < -0.4 is 0 Å². The molecule has 3 heterocycles. The zero-order valence-corrected chi connectivity index (χ0v) is 18.2. The maximum Gasteiger partial charge on any atom is 0.261 e. The first-order valence-corrected chi connectivity index (χ1v) is 10.3. The summed E-state index contributed by atoms with van der Waals surface area (Å²) in [6.07, 6.45) is 11.3. The minimum absolute atomic E-state index is 0.0000383. The summed E-state index contributed by atoms with van der Waals surface area (Å²) < 4.78 is 11.9. The Bertz CT molecular complexity index is 1540. The Morgan fingerprint density at radius 1 is 0.771 bits per heavy atom. The number of hydrogen-bond donors (Lipinski definition) is 1. The summed E-state index contributed by atoms with van der Waals surface area (Å²) in [7, 11) is 0. The van der Waals surface area contributed by atoms with Crippen molar-refractivity contribution in [1.82, 2.24) is 4.98 Å². The van der Waals surface area contributed by atoms with Crippen molar-refractivity contribution in [3.63, 3.8) is 0 Å². The molecule has 4 rings (SSSR count). The van der Waals surface area contributed by atoms with Gasteiger partial charge in [-0.15, -0.1) is 0 Å². The van der Waals surface area contributed by atoms with Gasteiger partial charge in [0.05, 0.1) is 30.8 Å². The molecule has 0 amide bonds. The third-order valence-electron chi connectivity index (χ3n) is 5.01. The summed E-state index contributed by atoms with van der Waals surface area (Å²) in [5.74, 6) is 2.54. The number of nitriles is 2. The molecule has 0 saturated carbocycles. The molecule has 7 heteroatoms. The van der Waals surface area contributed by atoms with E-state index in [1.54, 1.807) is 24.3 Å². The van der Waals surface area contributed by atoms with Crippen LogP contribution in [-0.2, 0) is 0 Å². The lowest BCUT2D eigenvalue weighted by Crippen LogP contribution is -1.82. The maximum absolute atomic E-state index is 8.81. The molecule has 0 atom stereocenters. The van der Waals surface area contributed by atoms with E-state index in [1.807, 2.05) is 60.8 Å². The standard InChI is InChI=1S/C28H15N5O2/c1-31-19(17-29)5-3-7-21-9-13-26(34-21)23-11-12-25(28-24(23)15-16-33-28)27-14-10-22(35-27)8-4-6-20(18-30)32-2/h3-16,33H/b7-3+,8-4+,19-5-,20-6+. The molecule has 0 radical (unpaired) electrons. The van der Waals surface area contributed by atoms with Gasteiger partial charge >= 0.3 is 0 Å². The van der Waals surface area contributed by atoms with E-state index >= 15 is 0 Å². The van der Waals surface area contributed by atoms with Gasteiger partial charge < -0.3 is 13.8 Å². The molecular weight excluding hydrogens is 438 g/mol. The van der Waals surface area contributed by atoms with Crippen molar-refractivity contribution in [3.05, 3.63) is 119 Å². The van der Waals surface area contributed by atoms with E-state index in [-0.39, 0.29) is 11.4 Å². The number of fused-ring (bicyclic) bond motifs is 1. The van der Waals surface area contributed by atoms with Crippen LogP contribution in [0.15, 0.2) is 93.2 Å². The maximum atomic E-state index is 8.81. The van der Waals surface area contributed by atoms with Gasteiger partial charge in [0.2, 0.25) is 0 Å². The van der Waals surface area contributed by atoms with Crippen LogP contribution in [-0.4, -0.2) is 4.98 Å². The number of furan rings is 2. The first kappa shape index (κ1) is 22.4. The van der Waals surface area contributed by atoms with Gasteiger partial charge in [0.1, 0.15) is 23.0 Å². The highest BCUT2D eigenvalue weighted by Crippen LogP contribution is 2.36. The van der Waals surface area contributed by atoms with Crippen LogP contribution in [0.2, 0.25) is 0 Å². The molecule has 164 valence electrons. The van der Waals surface area contributed by atoms with Crippen LogP contribution in [0, 0.1) is 35.8 Å². The molecule has 0 fully saturated rings. The molecule has 4 aromatic rings. The molecular formula is C28H15N5O2. The normalized spacial score (nSPS) is 12.0. The van der Waals surface area contributed by atoms with Gasteiger partial charge in [-0.25, -0.2) is 20.2 Å². The second kappa shape index (κ2) is 10.2. The Hall–Kier alpha value is -5.76. The quantitative estimate of drug-likeness (QED) is 0.187. The fraction of sp³-hybridized carbons (Fsp3) is 0. The highest BCUT2D eigenvalue weighted by atomic mass is 16.3. The van der Waals surface area contributed by atoms with Crippen LogP contribution in [0.4, 0.5) is 0 Å². The number of hydrogen-bond acceptors (Lipinski definition) is 4. The zero-order valence-electron chi connectivity index (χ0n) is 18.2. The minimum atomic E-state index is 0.0000383. The minimum Gasteiger partial charge on any atom is -0.457 e. The molecule has 1 aromatic carbocycles. The van der Waals surface area contributed by atoms with Gasteiger partial charge in [0.15, 0.2) is 0 Å². The van der Waals surface area contributed by atoms with E-state index in [9.17, 15) is 0 Å². The van der Waals surface area contributed by atoms with Crippen molar-refractivity contribution >= 4 is 23.1 Å². The average Bonchev–Trinajstić information content (AvgIpc) is 3.65. The number of benzene rings is 1. The Morgan fingerprint density at radius 3 is 1.86 bits per heavy atom. The molecule has 3 aromatic heterocycles. The molecule has 0 aliphatic rings. The summed E-state index contributed by atoms with van der Waals surface area (Å²) >= 11 is 0. The van der Waals surface area contributed by atoms with E-state index in [4.69, 9.17) is 32.5 Å². The molecule has 0 aliphatic heterocycles. The lowest BCUT2D eigenvalue weighted by Gasteiger charge is -2.05. The molecule has 7 nitrogen and oxygen atoms in total. The second-order valence-electron chi connectivity index (χ2n) is 7.10. The predicted molar refractivity (Wildman–Crippen MR) is 132 cm³/mol. The van der Waals surface area contributed by atoms with E-state index in [0.717, 1.165) is 22.0 Å². The van der Waals surface area contributed by atoms with Crippen LogP contribution >= 0.6 is 0 Å². The highest BCUT2D eigenvalue weighted by molar-refractivity contribution is 6.01. The summed E-state index contributed by atoms with van der Waals surface area (Å²) in [5, 5.41) is 18.6. The van der Waals surface area contributed by atoms with Crippen molar-refractivity contribution in [1.29, 1.82) is 10.5 Å². The topological polar surface area (TPSA) is 98.4 Å². The monoisotopic (exact) mass is 453 g/mol. The van der Waals surface area contributed by atoms with Crippen LogP contribution in [0.1, 0.15) is 11.5 Å². The van der Waals surface area contributed by atoms with Crippen LogP contribution in [0.25, 0.3) is 55.4 Å². The fourth-order valence-electron chi connectivity index (χ4n) is 3.42. The summed E-state index contributed by atoms with van der Waals surface area (Å²) in [4.78, 5) is 9.49. The van der Waals surface area contributed by atoms with Gasteiger partial charge in [-0.05, 0) is 66.8 Å². The number of allylic oxidation sites excluding steroid dienone is 6. The SMILES string of the molecule is [C-]#[N+]/C(C#N)=C\C=C\c1ccc(-c2ccc(-c3ccc(/C=C/C=C(\C#N)[N+]#[C-])o3)c3[nH]ccc23)o1. The Morgan fingerprint density at radius 2 is 1.31 bits per heavy atom. The van der Waals surface area contributed by atoms with Gasteiger partial charge in [-0.2, -0.15) is 0 Å². The van der Waals surface area contributed by atoms with Crippen molar-refractivity contribution < 1.29 is 8.83 Å². The van der Waals surface area contributed by atoms with Gasteiger partial charge in [0.25, 0.3) is 11.4 Å². The van der Waals surface area contributed by atoms with Gasteiger partial charge in [-0.1, -0.05) is 12.2 Å². The van der Waals surface area contributed by atoms with Crippen LogP contribution in [0.3, 0.4) is 0 Å². The highest BCUT2D eigenvalue weighted by Gasteiger charge is 2.14. The van der Waals surface area contributed by atoms with E-state index < -0.39 is 0 Å². The van der Waals surface area contributed by atoms with Gasteiger partial charge in [-0.3, -0.25) is 0 Å². The Labute approximate surface area is 201 Å². The number of aromatic amines is 1. The van der Waals surface area contributed by atoms with Crippen molar-refractivity contribution in [3.8, 4) is 34.8 Å². The number of nitrogens with one attached hydrogen (secondary N) is 1. The molecule has 0 saturated heterocycles. The number of H-pyrrole nitrogens is 1. The lowest BCUT2D eigenvalue weighted by molar-refractivity contribution is 0.571. The fourth-order valence-corrected chi connectivity index (χ4v) is 3.42. The van der Waals surface area contributed by atoms with Crippen LogP contribution in [0.5, 0.6) is 0 Å². The van der Waals surface area contributed by atoms with Gasteiger partial charge in [0, 0.05) is 22.7 Å². The Balaban J connectivity index is 1.62. The smallest absolute Gasteiger partial charge is 0.261 e. The Kier molecular flexibility index (Phi) is 6.56. The third kappa shape index (κ3) is 4.86. The predicted octanol–water partition coefficient (Wildman–Crippen LogP) is 7.37. The number of rotatable bonds is 6. The summed E-state index contributed by atoms with van der Waals surface area (Å²) in [6.45, 7) is 13.8. The largest absolute Gasteiger partial charge is 0.457 e. The molecule has 0 spiro atoms. The lowest BCUT2D eigenvalue weighted by atomic mass is 10.0. The molecule has 1 N–H and O–H groups in total. The average molecular weight is 453 g/mol. The van der Waals surface area contributed by atoms with E-state index in [1.165, 1.54) is 12.2 Å². The summed E-state index contributed by atoms with van der Waals surface area (Å²) in [5.41, 5.74) is 2.67. The summed E-state index contributed by atoms with van der Waals surface area (Å²) in [6, 6.07) is 16.9. The van der Waals surface area contributed by atoms with E-state index in [2.05, 4.69) is 14.7 Å². The molecule has 0 aliphatic carbocycles. The second-order valence-corrected chi connectivity index (χ2v) is 7.10. The van der Waals surface area contributed by atoms with Crippen molar-refractivity contribution in [2.75, 3.05) is 0 Å². The zero-order chi connectivity index (χ0) is 24.6. The van der Waals surface area contributed by atoms with E-state index in [0.29, 0.717) is 23.0 Å². The molecule has 0 unspecified atom stereocenters. The van der Waals surface area contributed by atoms with Crippen molar-refractivity contribution in [2.45, 2.75) is 0 Å². The number of aromatic nitrogens is 1.